The second-order valence-electron chi connectivity index (χ2n) is 5.48. The summed E-state index contributed by atoms with van der Waals surface area (Å²) in [6, 6.07) is 0. The van der Waals surface area contributed by atoms with Crippen LogP contribution in [-0.2, 0) is 9.53 Å². The van der Waals surface area contributed by atoms with Gasteiger partial charge in [0.25, 0.3) is 0 Å². The fourth-order valence-corrected chi connectivity index (χ4v) is 3.45. The van der Waals surface area contributed by atoms with Gasteiger partial charge in [-0.3, -0.25) is 4.79 Å². The van der Waals surface area contributed by atoms with E-state index in [0.29, 0.717) is 24.9 Å². The SMILES string of the molecule is C=CCOC(=O)N1CC2CCCC(C1)C2CC(=O)O. The van der Waals surface area contributed by atoms with Crippen LogP contribution in [-0.4, -0.2) is 41.8 Å². The first-order chi connectivity index (χ1) is 9.11. The van der Waals surface area contributed by atoms with Crippen molar-refractivity contribution in [2.75, 3.05) is 19.7 Å². The van der Waals surface area contributed by atoms with Crippen LogP contribution in [0.3, 0.4) is 0 Å². The lowest BCUT2D eigenvalue weighted by Crippen LogP contribution is -2.51. The number of carbonyl (C=O) groups excluding carboxylic acids is 1. The summed E-state index contributed by atoms with van der Waals surface area (Å²) < 4.78 is 5.06. The van der Waals surface area contributed by atoms with Gasteiger partial charge < -0.3 is 14.7 Å². The monoisotopic (exact) mass is 267 g/mol. The molecule has 5 nitrogen and oxygen atoms in total. The van der Waals surface area contributed by atoms with Crippen molar-refractivity contribution in [2.24, 2.45) is 17.8 Å². The first kappa shape index (κ1) is 13.9. The van der Waals surface area contributed by atoms with Crippen LogP contribution in [0.5, 0.6) is 0 Å². The van der Waals surface area contributed by atoms with Crippen LogP contribution in [0.2, 0.25) is 0 Å². The molecule has 2 aliphatic rings. The normalized spacial score (nSPS) is 29.7. The summed E-state index contributed by atoms with van der Waals surface area (Å²) in [5.74, 6) is 0.0963. The van der Waals surface area contributed by atoms with Crippen LogP contribution in [0.1, 0.15) is 25.7 Å². The summed E-state index contributed by atoms with van der Waals surface area (Å²) in [7, 11) is 0. The summed E-state index contributed by atoms with van der Waals surface area (Å²) in [5, 5.41) is 9.00. The van der Waals surface area contributed by atoms with Crippen molar-refractivity contribution in [3.05, 3.63) is 12.7 Å². The van der Waals surface area contributed by atoms with Gasteiger partial charge >= 0.3 is 12.1 Å². The number of piperidine rings is 1. The Morgan fingerprint density at radius 3 is 2.47 bits per heavy atom. The molecule has 0 spiro atoms. The van der Waals surface area contributed by atoms with Crippen molar-refractivity contribution < 1.29 is 19.4 Å². The lowest BCUT2D eigenvalue weighted by Gasteiger charge is -2.46. The van der Waals surface area contributed by atoms with Crippen LogP contribution >= 0.6 is 0 Å². The van der Waals surface area contributed by atoms with Gasteiger partial charge in [0.15, 0.2) is 0 Å². The molecule has 1 heterocycles. The van der Waals surface area contributed by atoms with E-state index in [9.17, 15) is 9.59 Å². The highest BCUT2D eigenvalue weighted by Gasteiger charge is 2.41. The van der Waals surface area contributed by atoms with Crippen molar-refractivity contribution in [1.29, 1.82) is 0 Å². The van der Waals surface area contributed by atoms with Gasteiger partial charge in [0.2, 0.25) is 0 Å². The van der Waals surface area contributed by atoms with Gasteiger partial charge in [-0.05, 0) is 30.6 Å². The molecule has 1 N–H and O–H groups in total. The van der Waals surface area contributed by atoms with Gasteiger partial charge in [-0.15, -0.1) is 0 Å². The number of hydrogen-bond donors (Lipinski definition) is 1. The molecule has 0 radical (unpaired) electrons. The third kappa shape index (κ3) is 3.28. The molecular formula is C14H21NO4. The minimum Gasteiger partial charge on any atom is -0.481 e. The van der Waals surface area contributed by atoms with Gasteiger partial charge in [-0.1, -0.05) is 19.1 Å². The van der Waals surface area contributed by atoms with Crippen LogP contribution in [0.15, 0.2) is 12.7 Å². The molecule has 1 amide bonds. The van der Waals surface area contributed by atoms with Crippen LogP contribution in [0.25, 0.3) is 0 Å². The van der Waals surface area contributed by atoms with E-state index in [-0.39, 0.29) is 25.0 Å². The number of fused-ring (bicyclic) bond motifs is 2. The fourth-order valence-electron chi connectivity index (χ4n) is 3.45. The Labute approximate surface area is 113 Å². The zero-order valence-corrected chi connectivity index (χ0v) is 11.1. The number of aliphatic carboxylic acids is 1. The lowest BCUT2D eigenvalue weighted by molar-refractivity contribution is -0.140. The molecule has 19 heavy (non-hydrogen) atoms. The molecule has 2 unspecified atom stereocenters. The second kappa shape index (κ2) is 6.08. The number of carboxylic acid groups (broad SMARTS) is 1. The Hall–Kier alpha value is -1.52. The van der Waals surface area contributed by atoms with Gasteiger partial charge in [0.05, 0.1) is 0 Å². The summed E-state index contributed by atoms with van der Waals surface area (Å²) in [4.78, 5) is 24.5. The van der Waals surface area contributed by atoms with Crippen LogP contribution < -0.4 is 0 Å². The van der Waals surface area contributed by atoms with E-state index in [0.717, 1.165) is 19.3 Å². The predicted molar refractivity (Wildman–Crippen MR) is 69.7 cm³/mol. The molecule has 2 rings (SSSR count). The first-order valence-electron chi connectivity index (χ1n) is 6.86. The van der Waals surface area contributed by atoms with Crippen molar-refractivity contribution in [3.8, 4) is 0 Å². The number of ether oxygens (including phenoxy) is 1. The molecule has 5 heteroatoms. The Morgan fingerprint density at radius 1 is 1.32 bits per heavy atom. The van der Waals surface area contributed by atoms with E-state index in [1.165, 1.54) is 0 Å². The van der Waals surface area contributed by atoms with E-state index in [1.54, 1.807) is 11.0 Å². The molecule has 1 aliphatic heterocycles. The summed E-state index contributed by atoms with van der Waals surface area (Å²) in [6.45, 7) is 5.00. The molecule has 2 bridgehead atoms. The number of hydrogen-bond acceptors (Lipinski definition) is 3. The van der Waals surface area contributed by atoms with Crippen molar-refractivity contribution >= 4 is 12.1 Å². The zero-order valence-electron chi connectivity index (χ0n) is 11.1. The minimum absolute atomic E-state index is 0.217. The third-order valence-corrected chi connectivity index (χ3v) is 4.26. The van der Waals surface area contributed by atoms with Gasteiger partial charge in [-0.2, -0.15) is 0 Å². The average Bonchev–Trinajstić information content (AvgIpc) is 2.34. The molecule has 106 valence electrons. The molecule has 0 aromatic carbocycles. The summed E-state index contributed by atoms with van der Waals surface area (Å²) in [5.41, 5.74) is 0. The molecule has 0 aromatic rings. The maximum Gasteiger partial charge on any atom is 0.410 e. The van der Waals surface area contributed by atoms with Crippen molar-refractivity contribution in [2.45, 2.75) is 25.7 Å². The Kier molecular flexibility index (Phi) is 4.45. The highest BCUT2D eigenvalue weighted by Crippen LogP contribution is 2.41. The van der Waals surface area contributed by atoms with E-state index >= 15 is 0 Å². The van der Waals surface area contributed by atoms with Gasteiger partial charge in [0.1, 0.15) is 6.61 Å². The number of nitrogens with zero attached hydrogens (tertiary/aromatic N) is 1. The molecule has 1 aliphatic carbocycles. The van der Waals surface area contributed by atoms with Gasteiger partial charge in [0, 0.05) is 19.5 Å². The minimum atomic E-state index is -0.732. The van der Waals surface area contributed by atoms with Crippen LogP contribution in [0.4, 0.5) is 4.79 Å². The highest BCUT2D eigenvalue weighted by molar-refractivity contribution is 5.69. The average molecular weight is 267 g/mol. The molecule has 0 aromatic heterocycles. The zero-order chi connectivity index (χ0) is 13.8. The number of rotatable bonds is 4. The maximum atomic E-state index is 11.9. The number of likely N-dealkylation sites (tertiary alicyclic amines) is 1. The molecular weight excluding hydrogens is 246 g/mol. The van der Waals surface area contributed by atoms with Gasteiger partial charge in [-0.25, -0.2) is 4.79 Å². The van der Waals surface area contributed by atoms with E-state index in [2.05, 4.69) is 6.58 Å². The Bertz CT molecular complexity index is 354. The van der Waals surface area contributed by atoms with Crippen molar-refractivity contribution in [3.63, 3.8) is 0 Å². The lowest BCUT2D eigenvalue weighted by atomic mass is 9.68. The molecule has 2 atom stereocenters. The van der Waals surface area contributed by atoms with E-state index in [4.69, 9.17) is 9.84 Å². The topological polar surface area (TPSA) is 66.8 Å². The second-order valence-corrected chi connectivity index (χ2v) is 5.48. The largest absolute Gasteiger partial charge is 0.481 e. The Balaban J connectivity index is 1.98. The standard InChI is InChI=1S/C14H21NO4/c1-2-6-19-14(18)15-8-10-4-3-5-11(9-15)12(10)7-13(16)17/h2,10-12H,1,3-9H2,(H,16,17). The highest BCUT2D eigenvalue weighted by atomic mass is 16.6. The van der Waals surface area contributed by atoms with E-state index in [1.807, 2.05) is 0 Å². The molecule has 2 fully saturated rings. The smallest absolute Gasteiger partial charge is 0.410 e. The summed E-state index contributed by atoms with van der Waals surface area (Å²) >= 11 is 0. The first-order valence-corrected chi connectivity index (χ1v) is 6.86. The summed E-state index contributed by atoms with van der Waals surface area (Å²) in [6.07, 6.45) is 4.65. The quantitative estimate of drug-likeness (QED) is 0.792. The number of amides is 1. The van der Waals surface area contributed by atoms with Crippen LogP contribution in [0, 0.1) is 17.8 Å². The van der Waals surface area contributed by atoms with E-state index < -0.39 is 5.97 Å². The number of carbonyl (C=O) groups is 2. The number of carboxylic acids is 1. The maximum absolute atomic E-state index is 11.9. The predicted octanol–water partition coefficient (Wildman–Crippen LogP) is 2.13. The third-order valence-electron chi connectivity index (χ3n) is 4.26. The fraction of sp³-hybridized carbons (Fsp3) is 0.714. The van der Waals surface area contributed by atoms with Crippen molar-refractivity contribution in [1.82, 2.24) is 4.90 Å². The molecule has 1 saturated heterocycles. The Morgan fingerprint density at radius 2 is 1.95 bits per heavy atom. The molecule has 1 saturated carbocycles.